The van der Waals surface area contributed by atoms with Crippen molar-refractivity contribution in [3.63, 3.8) is 0 Å². The molecule has 0 aliphatic rings. The first-order valence-corrected chi connectivity index (χ1v) is 7.10. The molecule has 1 aromatic carbocycles. The third-order valence-corrected chi connectivity index (χ3v) is 3.31. The van der Waals surface area contributed by atoms with Crippen molar-refractivity contribution in [2.75, 3.05) is 18.0 Å². The van der Waals surface area contributed by atoms with Crippen molar-refractivity contribution >= 4 is 23.6 Å². The predicted octanol–water partition coefficient (Wildman–Crippen LogP) is 4.56. The van der Waals surface area contributed by atoms with Crippen molar-refractivity contribution in [3.05, 3.63) is 28.8 Å². The van der Waals surface area contributed by atoms with E-state index in [1.54, 1.807) is 6.07 Å². The van der Waals surface area contributed by atoms with Crippen LogP contribution in [0.3, 0.4) is 0 Å². The molecule has 0 spiro atoms. The summed E-state index contributed by atoms with van der Waals surface area (Å²) in [5.41, 5.74) is 1.68. The van der Waals surface area contributed by atoms with E-state index in [1.165, 1.54) is 12.8 Å². The molecule has 1 aromatic rings. The summed E-state index contributed by atoms with van der Waals surface area (Å²) in [4.78, 5) is 13.0. The first kappa shape index (κ1) is 15.0. The fourth-order valence-corrected chi connectivity index (χ4v) is 2.21. The molecule has 0 aliphatic carbocycles. The highest BCUT2D eigenvalue weighted by molar-refractivity contribution is 6.33. The number of halogens is 1. The number of benzene rings is 1. The quantitative estimate of drug-likeness (QED) is 0.644. The number of nitrogens with zero attached hydrogens (tertiary/aromatic N) is 1. The minimum atomic E-state index is 0.634. The second-order valence-corrected chi connectivity index (χ2v) is 4.93. The first-order chi connectivity index (χ1) is 8.72. The van der Waals surface area contributed by atoms with E-state index < -0.39 is 0 Å². The topological polar surface area (TPSA) is 20.3 Å². The number of carbonyl (C=O) groups excluding carboxylic acids is 1. The van der Waals surface area contributed by atoms with Crippen LogP contribution in [-0.4, -0.2) is 19.4 Å². The van der Waals surface area contributed by atoms with Gasteiger partial charge in [0.15, 0.2) is 0 Å². The number of rotatable bonds is 8. The highest BCUT2D eigenvalue weighted by Crippen LogP contribution is 2.27. The molecule has 0 aromatic heterocycles. The molecular formula is C15H22ClNO. The maximum absolute atomic E-state index is 10.7. The highest BCUT2D eigenvalue weighted by atomic mass is 35.5. The fourth-order valence-electron chi connectivity index (χ4n) is 1.90. The second kappa shape index (κ2) is 8.15. The molecule has 0 amide bonds. The van der Waals surface area contributed by atoms with Gasteiger partial charge in [-0.05, 0) is 31.0 Å². The Kier molecular flexibility index (Phi) is 6.81. The van der Waals surface area contributed by atoms with Gasteiger partial charge in [-0.1, -0.05) is 38.3 Å². The average molecular weight is 268 g/mol. The number of unbranched alkanes of at least 4 members (excludes halogenated alkanes) is 2. The zero-order valence-corrected chi connectivity index (χ0v) is 12.0. The summed E-state index contributed by atoms with van der Waals surface area (Å²) in [7, 11) is 0. The summed E-state index contributed by atoms with van der Waals surface area (Å²) < 4.78 is 0. The summed E-state index contributed by atoms with van der Waals surface area (Å²) in [6, 6.07) is 5.53. The van der Waals surface area contributed by atoms with E-state index in [0.29, 0.717) is 10.6 Å². The third-order valence-electron chi connectivity index (χ3n) is 3.01. The van der Waals surface area contributed by atoms with Gasteiger partial charge in [0.2, 0.25) is 0 Å². The summed E-state index contributed by atoms with van der Waals surface area (Å²) >= 11 is 6.26. The molecule has 3 heteroatoms. The molecule has 2 nitrogen and oxygen atoms in total. The van der Waals surface area contributed by atoms with Gasteiger partial charge < -0.3 is 4.90 Å². The Labute approximate surface area is 115 Å². The van der Waals surface area contributed by atoms with Crippen LogP contribution in [0.1, 0.15) is 49.9 Å². The van der Waals surface area contributed by atoms with Crippen LogP contribution >= 0.6 is 11.6 Å². The normalized spacial score (nSPS) is 10.4. The van der Waals surface area contributed by atoms with E-state index in [9.17, 15) is 4.79 Å². The molecule has 0 saturated heterocycles. The zero-order chi connectivity index (χ0) is 13.4. The lowest BCUT2D eigenvalue weighted by atomic mass is 10.2. The van der Waals surface area contributed by atoms with E-state index >= 15 is 0 Å². The van der Waals surface area contributed by atoms with Crippen molar-refractivity contribution in [2.45, 2.75) is 39.5 Å². The molecule has 0 aliphatic heterocycles. The summed E-state index contributed by atoms with van der Waals surface area (Å²) in [6.07, 6.45) is 5.50. The van der Waals surface area contributed by atoms with Gasteiger partial charge in [-0.25, -0.2) is 0 Å². The van der Waals surface area contributed by atoms with Gasteiger partial charge in [-0.3, -0.25) is 4.79 Å². The van der Waals surface area contributed by atoms with Crippen molar-refractivity contribution in [1.82, 2.24) is 0 Å². The van der Waals surface area contributed by atoms with Crippen LogP contribution < -0.4 is 4.90 Å². The second-order valence-electron chi connectivity index (χ2n) is 4.52. The highest BCUT2D eigenvalue weighted by Gasteiger charge is 2.10. The van der Waals surface area contributed by atoms with Crippen molar-refractivity contribution in [1.29, 1.82) is 0 Å². The van der Waals surface area contributed by atoms with Gasteiger partial charge in [0.05, 0.1) is 10.7 Å². The molecule has 18 heavy (non-hydrogen) atoms. The van der Waals surface area contributed by atoms with Crippen molar-refractivity contribution < 1.29 is 4.79 Å². The molecule has 0 fully saturated rings. The standard InChI is InChI=1S/C15H22ClNO/c1-3-5-9-17(10-6-4-2)15-8-7-13(12-18)11-14(15)16/h7-8,11-12H,3-6,9-10H2,1-2H3. The van der Waals surface area contributed by atoms with Gasteiger partial charge in [-0.2, -0.15) is 0 Å². The summed E-state index contributed by atoms with van der Waals surface area (Å²) in [5, 5.41) is 0.673. The van der Waals surface area contributed by atoms with Crippen LogP contribution in [0.2, 0.25) is 5.02 Å². The van der Waals surface area contributed by atoms with E-state index in [2.05, 4.69) is 18.7 Å². The Bertz CT molecular complexity index is 371. The zero-order valence-electron chi connectivity index (χ0n) is 11.3. The van der Waals surface area contributed by atoms with Gasteiger partial charge in [0.1, 0.15) is 6.29 Å². The molecule has 0 bridgehead atoms. The monoisotopic (exact) mass is 267 g/mol. The molecular weight excluding hydrogens is 246 g/mol. The van der Waals surface area contributed by atoms with E-state index in [-0.39, 0.29) is 0 Å². The molecule has 0 unspecified atom stereocenters. The molecule has 0 atom stereocenters. The average Bonchev–Trinajstić information content (AvgIpc) is 2.39. The van der Waals surface area contributed by atoms with Gasteiger partial charge in [0, 0.05) is 18.7 Å². The fraction of sp³-hybridized carbons (Fsp3) is 0.533. The molecule has 0 radical (unpaired) electrons. The number of hydrogen-bond acceptors (Lipinski definition) is 2. The van der Waals surface area contributed by atoms with Gasteiger partial charge in [0.25, 0.3) is 0 Å². The number of anilines is 1. The lowest BCUT2D eigenvalue weighted by molar-refractivity contribution is 0.112. The number of hydrogen-bond donors (Lipinski definition) is 0. The Hall–Kier alpha value is -1.02. The van der Waals surface area contributed by atoms with Crippen LogP contribution in [0, 0.1) is 0 Å². The van der Waals surface area contributed by atoms with Crippen molar-refractivity contribution in [2.24, 2.45) is 0 Å². The third kappa shape index (κ3) is 4.34. The maximum atomic E-state index is 10.7. The summed E-state index contributed by atoms with van der Waals surface area (Å²) in [6.45, 7) is 6.43. The van der Waals surface area contributed by atoms with E-state index in [4.69, 9.17) is 11.6 Å². The van der Waals surface area contributed by atoms with E-state index in [1.807, 2.05) is 12.1 Å². The molecule has 0 heterocycles. The van der Waals surface area contributed by atoms with Gasteiger partial charge >= 0.3 is 0 Å². The minimum absolute atomic E-state index is 0.634. The predicted molar refractivity (Wildman–Crippen MR) is 78.9 cm³/mol. The molecule has 0 saturated carbocycles. The maximum Gasteiger partial charge on any atom is 0.150 e. The van der Waals surface area contributed by atoms with Crippen LogP contribution in [0.4, 0.5) is 5.69 Å². The minimum Gasteiger partial charge on any atom is -0.370 e. The smallest absolute Gasteiger partial charge is 0.150 e. The largest absolute Gasteiger partial charge is 0.370 e. The van der Waals surface area contributed by atoms with Crippen LogP contribution in [0.5, 0.6) is 0 Å². The first-order valence-electron chi connectivity index (χ1n) is 6.72. The lowest BCUT2D eigenvalue weighted by Gasteiger charge is -2.25. The number of carbonyl (C=O) groups is 1. The molecule has 100 valence electrons. The van der Waals surface area contributed by atoms with E-state index in [0.717, 1.165) is 37.9 Å². The Morgan fingerprint density at radius 1 is 1.17 bits per heavy atom. The van der Waals surface area contributed by atoms with Gasteiger partial charge in [-0.15, -0.1) is 0 Å². The van der Waals surface area contributed by atoms with Crippen LogP contribution in [-0.2, 0) is 0 Å². The summed E-state index contributed by atoms with van der Waals surface area (Å²) in [5.74, 6) is 0. The Morgan fingerprint density at radius 2 is 1.78 bits per heavy atom. The number of aldehydes is 1. The Morgan fingerprint density at radius 3 is 2.22 bits per heavy atom. The SMILES string of the molecule is CCCCN(CCCC)c1ccc(C=O)cc1Cl. The molecule has 1 rings (SSSR count). The lowest BCUT2D eigenvalue weighted by Crippen LogP contribution is -2.25. The van der Waals surface area contributed by atoms with Crippen molar-refractivity contribution in [3.8, 4) is 0 Å². The molecule has 0 N–H and O–H groups in total. The van der Waals surface area contributed by atoms with Crippen LogP contribution in [0.15, 0.2) is 18.2 Å². The van der Waals surface area contributed by atoms with Crippen LogP contribution in [0.25, 0.3) is 0 Å². The Balaban J connectivity index is 2.85.